The molecule has 2 rings (SSSR count). The average molecular weight is 237 g/mol. The maximum Gasteiger partial charge on any atom is 0.123 e. The number of anilines is 1. The average Bonchev–Trinajstić information content (AvgIpc) is 2.20. The van der Waals surface area contributed by atoms with Crippen LogP contribution in [0.5, 0.6) is 0 Å². The van der Waals surface area contributed by atoms with Crippen LogP contribution >= 0.6 is 11.8 Å². The number of nitrogen functional groups attached to an aromatic ring is 1. The summed E-state index contributed by atoms with van der Waals surface area (Å²) >= 11 is 2.06. The van der Waals surface area contributed by atoms with Gasteiger partial charge in [0.05, 0.1) is 0 Å². The summed E-state index contributed by atoms with van der Waals surface area (Å²) in [7, 11) is 0. The Morgan fingerprint density at radius 1 is 1.50 bits per heavy atom. The van der Waals surface area contributed by atoms with Crippen LogP contribution in [0.4, 0.5) is 5.82 Å². The van der Waals surface area contributed by atoms with Gasteiger partial charge in [0.2, 0.25) is 0 Å². The molecule has 16 heavy (non-hydrogen) atoms. The molecule has 0 atom stereocenters. The molecular formula is C12H19N3S. The summed E-state index contributed by atoms with van der Waals surface area (Å²) in [5.74, 6) is 1.81. The number of rotatable bonds is 2. The number of aromatic nitrogens is 1. The largest absolute Gasteiger partial charge is 0.384 e. The Morgan fingerprint density at radius 3 is 2.94 bits per heavy atom. The normalized spacial score (nSPS) is 20.9. The van der Waals surface area contributed by atoms with Gasteiger partial charge in [-0.25, -0.2) is 4.98 Å². The molecule has 3 nitrogen and oxygen atoms in total. The van der Waals surface area contributed by atoms with Gasteiger partial charge in [0.1, 0.15) is 5.82 Å². The molecule has 0 bridgehead atoms. The summed E-state index contributed by atoms with van der Waals surface area (Å²) in [6, 6.07) is 3.94. The molecule has 0 amide bonds. The molecule has 0 aromatic carbocycles. The van der Waals surface area contributed by atoms with Gasteiger partial charge >= 0.3 is 0 Å². The Labute approximate surface area is 101 Å². The van der Waals surface area contributed by atoms with Gasteiger partial charge in [-0.2, -0.15) is 11.8 Å². The summed E-state index contributed by atoms with van der Waals surface area (Å²) in [4.78, 5) is 6.62. The van der Waals surface area contributed by atoms with E-state index in [2.05, 4.69) is 41.6 Å². The highest BCUT2D eigenvalue weighted by molar-refractivity contribution is 8.00. The van der Waals surface area contributed by atoms with Gasteiger partial charge in [-0.05, 0) is 25.5 Å². The van der Waals surface area contributed by atoms with Crippen LogP contribution in [0.3, 0.4) is 0 Å². The lowest BCUT2D eigenvalue weighted by Gasteiger charge is -2.37. The fraction of sp³-hybridized carbons (Fsp3) is 0.583. The first-order valence-electron chi connectivity index (χ1n) is 5.62. The molecule has 0 aliphatic carbocycles. The van der Waals surface area contributed by atoms with Crippen LogP contribution in [0.15, 0.2) is 18.3 Å². The van der Waals surface area contributed by atoms with Crippen LogP contribution in [0, 0.1) is 0 Å². The number of hydrogen-bond acceptors (Lipinski definition) is 4. The van der Waals surface area contributed by atoms with Gasteiger partial charge in [-0.3, -0.25) is 4.90 Å². The van der Waals surface area contributed by atoms with Crippen molar-refractivity contribution in [3.05, 3.63) is 23.9 Å². The van der Waals surface area contributed by atoms with Crippen LogP contribution in [-0.4, -0.2) is 33.5 Å². The number of nitrogens with two attached hydrogens (primary N) is 1. The van der Waals surface area contributed by atoms with E-state index in [1.165, 1.54) is 17.9 Å². The Bertz CT molecular complexity index is 348. The lowest BCUT2D eigenvalue weighted by molar-refractivity contribution is 0.252. The maximum atomic E-state index is 5.57. The van der Waals surface area contributed by atoms with Gasteiger partial charge in [0.25, 0.3) is 0 Å². The molecular weight excluding hydrogens is 218 g/mol. The number of nitrogens with zero attached hydrogens (tertiary/aromatic N) is 2. The third-order valence-electron chi connectivity index (χ3n) is 2.76. The Balaban J connectivity index is 1.97. The van der Waals surface area contributed by atoms with Crippen molar-refractivity contribution in [2.45, 2.75) is 25.1 Å². The third kappa shape index (κ3) is 3.12. The second-order valence-corrected chi connectivity index (χ2v) is 6.71. The molecule has 2 heterocycles. The number of pyridine rings is 1. The molecule has 0 radical (unpaired) electrons. The Morgan fingerprint density at radius 2 is 2.31 bits per heavy atom. The molecule has 1 aromatic heterocycles. The molecule has 1 aliphatic rings. The van der Waals surface area contributed by atoms with Crippen molar-refractivity contribution in [2.24, 2.45) is 0 Å². The monoisotopic (exact) mass is 237 g/mol. The van der Waals surface area contributed by atoms with E-state index in [0.29, 0.717) is 10.6 Å². The maximum absolute atomic E-state index is 5.57. The zero-order chi connectivity index (χ0) is 11.6. The molecule has 0 unspecified atom stereocenters. The second kappa shape index (κ2) is 4.63. The molecule has 1 saturated heterocycles. The molecule has 88 valence electrons. The molecule has 1 fully saturated rings. The van der Waals surface area contributed by atoms with E-state index in [-0.39, 0.29) is 0 Å². The van der Waals surface area contributed by atoms with Crippen molar-refractivity contribution in [3.8, 4) is 0 Å². The van der Waals surface area contributed by atoms with Gasteiger partial charge < -0.3 is 5.73 Å². The highest BCUT2D eigenvalue weighted by Crippen LogP contribution is 2.30. The topological polar surface area (TPSA) is 42.1 Å². The molecule has 4 heteroatoms. The molecule has 0 saturated carbocycles. The predicted molar refractivity (Wildman–Crippen MR) is 70.5 cm³/mol. The Hall–Kier alpha value is -0.740. The van der Waals surface area contributed by atoms with Crippen molar-refractivity contribution in [1.82, 2.24) is 9.88 Å². The standard InChI is InChI=1S/C12H19N3S/c1-12(2)9-15(5-6-16-12)8-10-3-4-11(13)14-7-10/h3-4,7H,5-6,8-9H2,1-2H3,(H2,13,14). The molecule has 2 N–H and O–H groups in total. The molecule has 0 spiro atoms. The van der Waals surface area contributed by atoms with E-state index >= 15 is 0 Å². The van der Waals surface area contributed by atoms with E-state index in [1.54, 1.807) is 0 Å². The van der Waals surface area contributed by atoms with Crippen molar-refractivity contribution in [1.29, 1.82) is 0 Å². The highest BCUT2D eigenvalue weighted by atomic mass is 32.2. The van der Waals surface area contributed by atoms with Crippen LogP contribution in [0.25, 0.3) is 0 Å². The minimum atomic E-state index is 0.374. The van der Waals surface area contributed by atoms with Gasteiger partial charge in [-0.15, -0.1) is 0 Å². The molecule has 1 aromatic rings. The predicted octanol–water partition coefficient (Wildman–Crippen LogP) is 1.99. The van der Waals surface area contributed by atoms with Crippen LogP contribution in [0.1, 0.15) is 19.4 Å². The summed E-state index contributed by atoms with van der Waals surface area (Å²) < 4.78 is 0.374. The van der Waals surface area contributed by atoms with E-state index < -0.39 is 0 Å². The summed E-state index contributed by atoms with van der Waals surface area (Å²) in [5, 5.41) is 0. The summed E-state index contributed by atoms with van der Waals surface area (Å²) in [5.41, 5.74) is 6.82. The van der Waals surface area contributed by atoms with Gasteiger partial charge in [0, 0.05) is 36.3 Å². The van der Waals surface area contributed by atoms with Gasteiger partial charge in [-0.1, -0.05) is 6.07 Å². The molecule has 1 aliphatic heterocycles. The fourth-order valence-corrected chi connectivity index (χ4v) is 3.21. The van der Waals surface area contributed by atoms with Gasteiger partial charge in [0.15, 0.2) is 0 Å². The SMILES string of the molecule is CC1(C)CN(Cc2ccc(N)nc2)CCS1. The summed E-state index contributed by atoms with van der Waals surface area (Å²) in [6.07, 6.45) is 1.88. The van der Waals surface area contributed by atoms with Crippen LogP contribution in [0.2, 0.25) is 0 Å². The zero-order valence-corrected chi connectivity index (χ0v) is 10.8. The van der Waals surface area contributed by atoms with E-state index in [9.17, 15) is 0 Å². The van der Waals surface area contributed by atoms with Crippen LogP contribution in [-0.2, 0) is 6.54 Å². The minimum Gasteiger partial charge on any atom is -0.384 e. The first-order valence-corrected chi connectivity index (χ1v) is 6.60. The van der Waals surface area contributed by atoms with E-state index in [1.807, 2.05) is 12.3 Å². The highest BCUT2D eigenvalue weighted by Gasteiger charge is 2.26. The number of thioether (sulfide) groups is 1. The lowest BCUT2D eigenvalue weighted by Crippen LogP contribution is -2.42. The lowest BCUT2D eigenvalue weighted by atomic mass is 10.1. The van der Waals surface area contributed by atoms with Crippen molar-refractivity contribution in [3.63, 3.8) is 0 Å². The van der Waals surface area contributed by atoms with Crippen LogP contribution < -0.4 is 5.73 Å². The fourth-order valence-electron chi connectivity index (χ4n) is 2.04. The summed E-state index contributed by atoms with van der Waals surface area (Å²) in [6.45, 7) is 7.91. The minimum absolute atomic E-state index is 0.374. The van der Waals surface area contributed by atoms with Crippen molar-refractivity contribution < 1.29 is 0 Å². The second-order valence-electron chi connectivity index (χ2n) is 4.91. The number of hydrogen-bond donors (Lipinski definition) is 1. The van der Waals surface area contributed by atoms with Crippen molar-refractivity contribution in [2.75, 3.05) is 24.6 Å². The first-order chi connectivity index (χ1) is 7.55. The quantitative estimate of drug-likeness (QED) is 0.854. The third-order valence-corrected chi connectivity index (χ3v) is 4.06. The first kappa shape index (κ1) is 11.7. The van der Waals surface area contributed by atoms with E-state index in [0.717, 1.165) is 13.1 Å². The Kier molecular flexibility index (Phi) is 3.40. The zero-order valence-electron chi connectivity index (χ0n) is 9.94. The van der Waals surface area contributed by atoms with Crippen molar-refractivity contribution >= 4 is 17.6 Å². The smallest absolute Gasteiger partial charge is 0.123 e. The van der Waals surface area contributed by atoms with E-state index in [4.69, 9.17) is 5.73 Å².